The third-order valence-electron chi connectivity index (χ3n) is 1.99. The molecule has 0 amide bonds. The van der Waals surface area contributed by atoms with Crippen LogP contribution in [0.5, 0.6) is 0 Å². The van der Waals surface area contributed by atoms with Crippen molar-refractivity contribution in [2.75, 3.05) is 6.61 Å². The van der Waals surface area contributed by atoms with Gasteiger partial charge in [-0.3, -0.25) is 0 Å². The Balaban J connectivity index is 2.11. The highest BCUT2D eigenvalue weighted by Crippen LogP contribution is 2.27. The Bertz CT molecular complexity index is 253. The van der Waals surface area contributed by atoms with Crippen molar-refractivity contribution in [3.05, 3.63) is 11.8 Å². The van der Waals surface area contributed by atoms with E-state index in [1.54, 1.807) is 0 Å². The molecule has 2 rings (SSSR count). The lowest BCUT2D eigenvalue weighted by Crippen LogP contribution is -1.95. The molecule has 1 aromatic rings. The standard InChI is InChI=1S/C8H12N2O2/c1-2-7-9-10-8(12-7)6-4-3-5-11-6/h6H,2-5H2,1H3. The monoisotopic (exact) mass is 168 g/mol. The van der Waals surface area contributed by atoms with Crippen molar-refractivity contribution in [3.63, 3.8) is 0 Å². The largest absolute Gasteiger partial charge is 0.422 e. The van der Waals surface area contributed by atoms with Crippen LogP contribution in [-0.2, 0) is 11.2 Å². The van der Waals surface area contributed by atoms with E-state index < -0.39 is 0 Å². The Morgan fingerprint density at radius 2 is 2.42 bits per heavy atom. The van der Waals surface area contributed by atoms with Gasteiger partial charge in [0.05, 0.1) is 0 Å². The first kappa shape index (κ1) is 7.73. The number of ether oxygens (including phenoxy) is 1. The van der Waals surface area contributed by atoms with Gasteiger partial charge in [-0.1, -0.05) is 6.92 Å². The fourth-order valence-electron chi connectivity index (χ4n) is 1.31. The Morgan fingerprint density at radius 1 is 1.50 bits per heavy atom. The summed E-state index contributed by atoms with van der Waals surface area (Å²) in [5.41, 5.74) is 0. The van der Waals surface area contributed by atoms with Crippen LogP contribution < -0.4 is 0 Å². The lowest BCUT2D eigenvalue weighted by molar-refractivity contribution is 0.0881. The summed E-state index contributed by atoms with van der Waals surface area (Å²) in [6, 6.07) is 0. The summed E-state index contributed by atoms with van der Waals surface area (Å²) < 4.78 is 10.8. The Hall–Kier alpha value is -0.900. The zero-order valence-corrected chi connectivity index (χ0v) is 7.12. The molecule has 0 aromatic carbocycles. The van der Waals surface area contributed by atoms with Gasteiger partial charge in [-0.2, -0.15) is 0 Å². The Labute approximate surface area is 70.9 Å². The summed E-state index contributed by atoms with van der Waals surface area (Å²) in [5, 5.41) is 7.81. The van der Waals surface area contributed by atoms with Crippen LogP contribution >= 0.6 is 0 Å². The minimum absolute atomic E-state index is 0.0535. The zero-order valence-electron chi connectivity index (χ0n) is 7.12. The predicted octanol–water partition coefficient (Wildman–Crippen LogP) is 1.48. The van der Waals surface area contributed by atoms with E-state index in [0.717, 1.165) is 25.9 Å². The van der Waals surface area contributed by atoms with Gasteiger partial charge in [0.2, 0.25) is 11.8 Å². The van der Waals surface area contributed by atoms with Gasteiger partial charge < -0.3 is 9.15 Å². The van der Waals surface area contributed by atoms with Crippen molar-refractivity contribution in [1.29, 1.82) is 0 Å². The summed E-state index contributed by atoms with van der Waals surface area (Å²) in [5.74, 6) is 1.34. The molecule has 0 N–H and O–H groups in total. The molecule has 12 heavy (non-hydrogen) atoms. The fourth-order valence-corrected chi connectivity index (χ4v) is 1.31. The van der Waals surface area contributed by atoms with Crippen molar-refractivity contribution >= 4 is 0 Å². The summed E-state index contributed by atoms with van der Waals surface area (Å²) in [7, 11) is 0. The molecule has 1 unspecified atom stereocenters. The third kappa shape index (κ3) is 1.34. The second kappa shape index (κ2) is 3.23. The maximum absolute atomic E-state index is 5.40. The SMILES string of the molecule is CCc1nnc(C2CCCO2)o1. The average molecular weight is 168 g/mol. The molecule has 2 heterocycles. The highest BCUT2D eigenvalue weighted by molar-refractivity contribution is 4.88. The maximum Gasteiger partial charge on any atom is 0.245 e. The van der Waals surface area contributed by atoms with Crippen LogP contribution in [-0.4, -0.2) is 16.8 Å². The van der Waals surface area contributed by atoms with Crippen LogP contribution in [0.4, 0.5) is 0 Å². The molecule has 0 saturated carbocycles. The van der Waals surface area contributed by atoms with E-state index in [1.165, 1.54) is 0 Å². The normalized spacial score (nSPS) is 23.2. The zero-order chi connectivity index (χ0) is 8.39. The minimum Gasteiger partial charge on any atom is -0.422 e. The van der Waals surface area contributed by atoms with Crippen LogP contribution in [0.1, 0.15) is 37.7 Å². The van der Waals surface area contributed by atoms with Crippen LogP contribution in [0.25, 0.3) is 0 Å². The smallest absolute Gasteiger partial charge is 0.245 e. The third-order valence-corrected chi connectivity index (χ3v) is 1.99. The molecule has 0 spiro atoms. The topological polar surface area (TPSA) is 48.2 Å². The molecule has 4 heteroatoms. The Morgan fingerprint density at radius 3 is 3.00 bits per heavy atom. The van der Waals surface area contributed by atoms with E-state index in [4.69, 9.17) is 9.15 Å². The fraction of sp³-hybridized carbons (Fsp3) is 0.750. The first-order valence-corrected chi connectivity index (χ1v) is 4.34. The van der Waals surface area contributed by atoms with Crippen molar-refractivity contribution < 1.29 is 9.15 Å². The Kier molecular flexibility index (Phi) is 2.08. The van der Waals surface area contributed by atoms with Crippen molar-refractivity contribution in [3.8, 4) is 0 Å². The predicted molar refractivity (Wildman–Crippen MR) is 41.6 cm³/mol. The van der Waals surface area contributed by atoms with Gasteiger partial charge in [-0.25, -0.2) is 0 Å². The second-order valence-electron chi connectivity index (χ2n) is 2.89. The molecule has 66 valence electrons. The molecule has 1 fully saturated rings. The van der Waals surface area contributed by atoms with Gasteiger partial charge in [0, 0.05) is 13.0 Å². The molecular formula is C8H12N2O2. The molecule has 1 aliphatic heterocycles. The molecular weight excluding hydrogens is 156 g/mol. The van der Waals surface area contributed by atoms with Gasteiger partial charge in [-0.15, -0.1) is 10.2 Å². The first-order valence-electron chi connectivity index (χ1n) is 4.34. The summed E-state index contributed by atoms with van der Waals surface area (Å²) in [6.45, 7) is 2.81. The molecule has 0 radical (unpaired) electrons. The van der Waals surface area contributed by atoms with Gasteiger partial charge in [0.25, 0.3) is 0 Å². The highest BCUT2D eigenvalue weighted by atomic mass is 16.5. The van der Waals surface area contributed by atoms with Gasteiger partial charge in [-0.05, 0) is 12.8 Å². The summed E-state index contributed by atoms with van der Waals surface area (Å²) >= 11 is 0. The second-order valence-corrected chi connectivity index (χ2v) is 2.89. The van der Waals surface area contributed by atoms with Crippen molar-refractivity contribution in [1.82, 2.24) is 10.2 Å². The molecule has 1 saturated heterocycles. The minimum atomic E-state index is 0.0535. The molecule has 1 aliphatic rings. The summed E-state index contributed by atoms with van der Waals surface area (Å²) in [6.07, 6.45) is 2.94. The maximum atomic E-state index is 5.40. The number of rotatable bonds is 2. The molecule has 1 atom stereocenters. The molecule has 0 aliphatic carbocycles. The van der Waals surface area contributed by atoms with Gasteiger partial charge in [0.1, 0.15) is 6.10 Å². The van der Waals surface area contributed by atoms with Crippen molar-refractivity contribution in [2.45, 2.75) is 32.3 Å². The van der Waals surface area contributed by atoms with E-state index in [-0.39, 0.29) is 6.10 Å². The lowest BCUT2D eigenvalue weighted by atomic mass is 10.2. The number of hydrogen-bond acceptors (Lipinski definition) is 4. The van der Waals surface area contributed by atoms with Crippen LogP contribution in [0.3, 0.4) is 0 Å². The molecule has 4 nitrogen and oxygen atoms in total. The van der Waals surface area contributed by atoms with Crippen LogP contribution in [0.2, 0.25) is 0 Å². The van der Waals surface area contributed by atoms with Gasteiger partial charge in [0.15, 0.2) is 0 Å². The summed E-state index contributed by atoms with van der Waals surface area (Å²) in [4.78, 5) is 0. The van der Waals surface area contributed by atoms with E-state index in [0.29, 0.717) is 11.8 Å². The van der Waals surface area contributed by atoms with E-state index in [9.17, 15) is 0 Å². The lowest BCUT2D eigenvalue weighted by Gasteiger charge is -2.00. The average Bonchev–Trinajstić information content (AvgIpc) is 2.75. The van der Waals surface area contributed by atoms with Crippen LogP contribution in [0, 0.1) is 0 Å². The van der Waals surface area contributed by atoms with E-state index in [2.05, 4.69) is 10.2 Å². The number of aryl methyl sites for hydroxylation is 1. The number of nitrogens with zero attached hydrogens (tertiary/aromatic N) is 2. The number of hydrogen-bond donors (Lipinski definition) is 0. The molecule has 1 aromatic heterocycles. The first-order chi connectivity index (χ1) is 5.90. The number of aromatic nitrogens is 2. The van der Waals surface area contributed by atoms with Gasteiger partial charge >= 0.3 is 0 Å². The van der Waals surface area contributed by atoms with Crippen LogP contribution in [0.15, 0.2) is 4.42 Å². The van der Waals surface area contributed by atoms with Crippen molar-refractivity contribution in [2.24, 2.45) is 0 Å². The highest BCUT2D eigenvalue weighted by Gasteiger charge is 2.22. The van der Waals surface area contributed by atoms with E-state index >= 15 is 0 Å². The molecule has 0 bridgehead atoms. The quantitative estimate of drug-likeness (QED) is 0.671. The van der Waals surface area contributed by atoms with E-state index in [1.807, 2.05) is 6.92 Å².